The van der Waals surface area contributed by atoms with Gasteiger partial charge in [-0.25, -0.2) is 0 Å². The van der Waals surface area contributed by atoms with Gasteiger partial charge in [-0.2, -0.15) is 0 Å². The molecule has 0 atom stereocenters. The highest BCUT2D eigenvalue weighted by Gasteiger charge is 2.52. The molecule has 0 amide bonds. The van der Waals surface area contributed by atoms with Crippen LogP contribution in [0.3, 0.4) is 0 Å². The molecule has 1 aromatic heterocycles. The molecule has 1 fully saturated rings. The first-order valence-corrected chi connectivity index (χ1v) is 6.85. The van der Waals surface area contributed by atoms with E-state index in [0.717, 1.165) is 22.2 Å². The number of nitrogens with one attached hydrogen (secondary N) is 1. The van der Waals surface area contributed by atoms with E-state index < -0.39 is 0 Å². The number of benzene rings is 1. The molecule has 1 aromatic carbocycles. The van der Waals surface area contributed by atoms with Gasteiger partial charge >= 0.3 is 7.12 Å². The molecular weight excluding hydrogens is 253 g/mol. The highest BCUT2D eigenvalue weighted by Crippen LogP contribution is 2.37. The Morgan fingerprint density at radius 2 is 1.75 bits per heavy atom. The zero-order valence-corrected chi connectivity index (χ0v) is 12.6. The second kappa shape index (κ2) is 4.27. The highest BCUT2D eigenvalue weighted by atomic mass is 16.7. The summed E-state index contributed by atoms with van der Waals surface area (Å²) in [5.41, 5.74) is 1.38. The molecule has 0 spiro atoms. The van der Waals surface area contributed by atoms with Crippen molar-refractivity contribution in [3.05, 3.63) is 24.3 Å². The van der Waals surface area contributed by atoms with E-state index >= 15 is 0 Å². The van der Waals surface area contributed by atoms with Gasteiger partial charge in [-0.3, -0.25) is 0 Å². The Kier molecular flexibility index (Phi) is 2.89. The Morgan fingerprint density at radius 3 is 2.35 bits per heavy atom. The molecule has 2 heterocycles. The van der Waals surface area contributed by atoms with Crippen molar-refractivity contribution in [2.45, 2.75) is 38.9 Å². The van der Waals surface area contributed by atoms with Crippen LogP contribution >= 0.6 is 0 Å². The highest BCUT2D eigenvalue weighted by molar-refractivity contribution is 6.65. The average molecular weight is 273 g/mol. The lowest BCUT2D eigenvalue weighted by Gasteiger charge is -2.32. The van der Waals surface area contributed by atoms with Gasteiger partial charge in [-0.05, 0) is 39.2 Å². The summed E-state index contributed by atoms with van der Waals surface area (Å²) in [6, 6.07) is 8.04. The molecule has 1 aliphatic heterocycles. The Balaban J connectivity index is 2.05. The van der Waals surface area contributed by atoms with Crippen molar-refractivity contribution in [2.24, 2.45) is 0 Å². The first kappa shape index (κ1) is 13.5. The Labute approximate surface area is 119 Å². The van der Waals surface area contributed by atoms with E-state index in [-0.39, 0.29) is 18.3 Å². The van der Waals surface area contributed by atoms with E-state index in [1.165, 1.54) is 0 Å². The molecule has 20 heavy (non-hydrogen) atoms. The summed E-state index contributed by atoms with van der Waals surface area (Å²) in [7, 11) is 1.29. The van der Waals surface area contributed by atoms with Crippen LogP contribution in [-0.2, 0) is 9.31 Å². The molecule has 1 N–H and O–H groups in total. The summed E-state index contributed by atoms with van der Waals surface area (Å²) in [5.74, 6) is 0.740. The second-order valence-electron chi connectivity index (χ2n) is 6.23. The lowest BCUT2D eigenvalue weighted by molar-refractivity contribution is 0.00578. The molecule has 5 heteroatoms. The Morgan fingerprint density at radius 1 is 1.10 bits per heavy atom. The van der Waals surface area contributed by atoms with Crippen molar-refractivity contribution in [3.8, 4) is 5.88 Å². The van der Waals surface area contributed by atoms with Crippen molar-refractivity contribution >= 4 is 23.5 Å². The number of aromatic nitrogens is 1. The minimum atomic E-state index is -0.357. The van der Waals surface area contributed by atoms with E-state index in [1.54, 1.807) is 7.11 Å². The van der Waals surface area contributed by atoms with Crippen LogP contribution in [-0.4, -0.2) is 30.4 Å². The van der Waals surface area contributed by atoms with Gasteiger partial charge in [-0.15, -0.1) is 0 Å². The summed E-state index contributed by atoms with van der Waals surface area (Å²) in [5, 5.41) is 1.07. The molecule has 0 unspecified atom stereocenters. The lowest BCUT2D eigenvalue weighted by Crippen LogP contribution is -2.41. The average Bonchev–Trinajstić information content (AvgIpc) is 2.87. The van der Waals surface area contributed by atoms with Gasteiger partial charge in [0.25, 0.3) is 0 Å². The fourth-order valence-electron chi connectivity index (χ4n) is 2.44. The monoisotopic (exact) mass is 273 g/mol. The number of aromatic amines is 1. The molecule has 2 aromatic rings. The van der Waals surface area contributed by atoms with Gasteiger partial charge in [0, 0.05) is 17.0 Å². The third-order valence-electron chi connectivity index (χ3n) is 4.40. The first-order valence-electron chi connectivity index (χ1n) is 6.85. The van der Waals surface area contributed by atoms with Crippen LogP contribution < -0.4 is 10.2 Å². The van der Waals surface area contributed by atoms with Gasteiger partial charge in [0.1, 0.15) is 0 Å². The SMILES string of the molecule is COc1cc2c(B3OC(C)(C)C(C)(C)O3)cccc2[nH]1. The molecule has 3 rings (SSSR count). The zero-order valence-electron chi connectivity index (χ0n) is 12.6. The maximum Gasteiger partial charge on any atom is 0.495 e. The van der Waals surface area contributed by atoms with E-state index in [0.29, 0.717) is 0 Å². The quantitative estimate of drug-likeness (QED) is 0.855. The van der Waals surface area contributed by atoms with Gasteiger partial charge in [0.05, 0.1) is 18.3 Å². The first-order chi connectivity index (χ1) is 9.34. The van der Waals surface area contributed by atoms with Crippen LogP contribution in [0.2, 0.25) is 0 Å². The predicted octanol–water partition coefficient (Wildman–Crippen LogP) is 2.48. The smallest absolute Gasteiger partial charge is 0.482 e. The maximum atomic E-state index is 6.12. The van der Waals surface area contributed by atoms with Crippen molar-refractivity contribution in [2.75, 3.05) is 7.11 Å². The Hall–Kier alpha value is -1.46. The van der Waals surface area contributed by atoms with Crippen LogP contribution in [0.1, 0.15) is 27.7 Å². The summed E-state index contributed by atoms with van der Waals surface area (Å²) in [6.07, 6.45) is 0. The summed E-state index contributed by atoms with van der Waals surface area (Å²) >= 11 is 0. The zero-order chi connectivity index (χ0) is 14.5. The number of H-pyrrole nitrogens is 1. The number of methoxy groups -OCH3 is 1. The van der Waals surface area contributed by atoms with Gasteiger partial charge in [0.2, 0.25) is 0 Å². The molecule has 0 bridgehead atoms. The van der Waals surface area contributed by atoms with Crippen LogP contribution in [0.5, 0.6) is 5.88 Å². The minimum Gasteiger partial charge on any atom is -0.482 e. The Bertz CT molecular complexity index is 632. The van der Waals surface area contributed by atoms with Crippen molar-refractivity contribution in [1.29, 1.82) is 0 Å². The maximum absolute atomic E-state index is 6.12. The van der Waals surface area contributed by atoms with Crippen LogP contribution in [0.25, 0.3) is 10.9 Å². The fraction of sp³-hybridized carbons (Fsp3) is 0.467. The fourth-order valence-corrected chi connectivity index (χ4v) is 2.44. The van der Waals surface area contributed by atoms with Gasteiger partial charge in [0.15, 0.2) is 5.88 Å². The molecule has 1 aliphatic rings. The normalized spacial score (nSPS) is 20.6. The molecule has 0 saturated carbocycles. The molecule has 4 nitrogen and oxygen atoms in total. The second-order valence-corrected chi connectivity index (χ2v) is 6.23. The van der Waals surface area contributed by atoms with Gasteiger partial charge < -0.3 is 19.0 Å². The summed E-state index contributed by atoms with van der Waals surface area (Å²) < 4.78 is 17.5. The van der Waals surface area contributed by atoms with E-state index in [2.05, 4.69) is 32.7 Å². The predicted molar refractivity (Wildman–Crippen MR) is 80.6 cm³/mol. The number of hydrogen-bond acceptors (Lipinski definition) is 3. The largest absolute Gasteiger partial charge is 0.495 e. The summed E-state index contributed by atoms with van der Waals surface area (Å²) in [4.78, 5) is 3.22. The molecule has 1 saturated heterocycles. The molecule has 106 valence electrons. The summed E-state index contributed by atoms with van der Waals surface area (Å²) in [6.45, 7) is 8.24. The topological polar surface area (TPSA) is 43.5 Å². The van der Waals surface area contributed by atoms with Crippen molar-refractivity contribution < 1.29 is 14.0 Å². The minimum absolute atomic E-state index is 0.333. The number of ether oxygens (including phenoxy) is 1. The van der Waals surface area contributed by atoms with E-state index in [9.17, 15) is 0 Å². The van der Waals surface area contributed by atoms with Gasteiger partial charge in [-0.1, -0.05) is 12.1 Å². The molecule has 0 aliphatic carbocycles. The third-order valence-corrected chi connectivity index (χ3v) is 4.40. The van der Waals surface area contributed by atoms with E-state index in [4.69, 9.17) is 14.0 Å². The van der Waals surface area contributed by atoms with Crippen molar-refractivity contribution in [3.63, 3.8) is 0 Å². The lowest BCUT2D eigenvalue weighted by atomic mass is 9.77. The molecular formula is C15H20BNO3. The van der Waals surface area contributed by atoms with E-state index in [1.807, 2.05) is 24.3 Å². The van der Waals surface area contributed by atoms with Crippen molar-refractivity contribution in [1.82, 2.24) is 4.98 Å². The number of hydrogen-bond donors (Lipinski definition) is 1. The van der Waals surface area contributed by atoms with Crippen LogP contribution in [0.4, 0.5) is 0 Å². The third kappa shape index (κ3) is 1.93. The molecule has 0 radical (unpaired) electrons. The number of fused-ring (bicyclic) bond motifs is 1. The van der Waals surface area contributed by atoms with Crippen LogP contribution in [0, 0.1) is 0 Å². The van der Waals surface area contributed by atoms with Crippen LogP contribution in [0.15, 0.2) is 24.3 Å². The number of rotatable bonds is 2. The standard InChI is InChI=1S/C15H20BNO3/c1-14(2)15(3,4)20-16(19-14)11-7-6-8-12-10(11)9-13(17-12)18-5/h6-9,17H,1-5H3.